The van der Waals surface area contributed by atoms with Gasteiger partial charge < -0.3 is 19.7 Å². The molecule has 4 aromatic rings. The third-order valence-electron chi connectivity index (χ3n) is 7.80. The van der Waals surface area contributed by atoms with Gasteiger partial charge in [-0.1, -0.05) is 6.07 Å². The van der Waals surface area contributed by atoms with Crippen molar-refractivity contribution in [3.63, 3.8) is 0 Å². The number of likely N-dealkylation sites (N-methyl/N-ethyl adjacent to an activating group) is 1. The fourth-order valence-corrected chi connectivity index (χ4v) is 5.61. The van der Waals surface area contributed by atoms with Crippen molar-refractivity contribution in [3.8, 4) is 28.7 Å². The first-order valence-corrected chi connectivity index (χ1v) is 13.7. The topological polar surface area (TPSA) is 134 Å². The number of anilines is 2. The van der Waals surface area contributed by atoms with Gasteiger partial charge in [0.05, 0.1) is 24.9 Å². The summed E-state index contributed by atoms with van der Waals surface area (Å²) in [5.41, 5.74) is 3.25. The Balaban J connectivity index is 1.14. The van der Waals surface area contributed by atoms with E-state index in [1.54, 1.807) is 48.7 Å². The molecule has 2 aromatic heterocycles. The standard InChI is InChI=1S/C30H31N9O3/c1-19(14-38-18-32-17-35-38)42-27-8-20(4-5-22(27)11-31)23-12-33-30(34-13-23)36-26-7-6-21(9-28(26)41-3)29(40)39-16-24-10-25(39)15-37(24)2/h4-9,12-13,17-19,24-25H,10,14-16H2,1-3H3,(H,33,34,36)/t19-,24+,25+/m0/s1. The van der Waals surface area contributed by atoms with E-state index >= 15 is 0 Å². The summed E-state index contributed by atoms with van der Waals surface area (Å²) < 4.78 is 13.3. The quantitative estimate of drug-likeness (QED) is 0.322. The molecule has 214 valence electrons. The van der Waals surface area contributed by atoms with Gasteiger partial charge in [0.25, 0.3) is 5.91 Å². The first kappa shape index (κ1) is 27.2. The van der Waals surface area contributed by atoms with E-state index in [0.29, 0.717) is 46.8 Å². The zero-order valence-electron chi connectivity index (χ0n) is 23.6. The molecule has 0 spiro atoms. The van der Waals surface area contributed by atoms with Crippen LogP contribution in [0.15, 0.2) is 61.4 Å². The number of nitrogens with one attached hydrogen (secondary N) is 1. The summed E-state index contributed by atoms with van der Waals surface area (Å²) in [6.07, 6.45) is 7.28. The summed E-state index contributed by atoms with van der Waals surface area (Å²) >= 11 is 0. The lowest BCUT2D eigenvalue weighted by atomic mass is 10.1. The number of likely N-dealkylation sites (tertiary alicyclic amines) is 2. The van der Waals surface area contributed by atoms with E-state index in [9.17, 15) is 10.1 Å². The van der Waals surface area contributed by atoms with E-state index in [2.05, 4.69) is 43.4 Å². The predicted molar refractivity (Wildman–Crippen MR) is 154 cm³/mol. The van der Waals surface area contributed by atoms with Crippen molar-refractivity contribution in [1.29, 1.82) is 5.26 Å². The Morgan fingerprint density at radius 3 is 2.62 bits per heavy atom. The molecule has 1 amide bonds. The maximum absolute atomic E-state index is 13.2. The summed E-state index contributed by atoms with van der Waals surface area (Å²) in [4.78, 5) is 30.4. The Hall–Kier alpha value is -5.02. The molecule has 0 aliphatic carbocycles. The highest BCUT2D eigenvalue weighted by Crippen LogP contribution is 2.33. The highest BCUT2D eigenvalue weighted by molar-refractivity contribution is 5.96. The summed E-state index contributed by atoms with van der Waals surface area (Å²) in [5.74, 6) is 1.41. The van der Waals surface area contributed by atoms with Crippen LogP contribution in [0, 0.1) is 11.3 Å². The van der Waals surface area contributed by atoms with Gasteiger partial charge >= 0.3 is 0 Å². The highest BCUT2D eigenvalue weighted by Gasteiger charge is 2.43. The molecule has 0 saturated carbocycles. The third-order valence-corrected chi connectivity index (χ3v) is 7.80. The van der Waals surface area contributed by atoms with E-state index in [-0.39, 0.29) is 18.1 Å². The molecule has 2 saturated heterocycles. The molecule has 2 aromatic carbocycles. The van der Waals surface area contributed by atoms with Crippen molar-refractivity contribution in [2.45, 2.75) is 38.1 Å². The number of methoxy groups -OCH3 is 1. The van der Waals surface area contributed by atoms with Crippen LogP contribution in [-0.2, 0) is 6.54 Å². The van der Waals surface area contributed by atoms with Crippen molar-refractivity contribution >= 4 is 17.5 Å². The molecule has 3 atom stereocenters. The van der Waals surface area contributed by atoms with Crippen molar-refractivity contribution < 1.29 is 14.3 Å². The van der Waals surface area contributed by atoms with Gasteiger partial charge in [0.15, 0.2) is 0 Å². The third kappa shape index (κ3) is 5.46. The first-order chi connectivity index (χ1) is 20.4. The lowest BCUT2D eigenvalue weighted by molar-refractivity contribution is 0.0650. The summed E-state index contributed by atoms with van der Waals surface area (Å²) in [5, 5.41) is 16.9. The van der Waals surface area contributed by atoms with Crippen molar-refractivity contribution in [2.24, 2.45) is 0 Å². The number of carbonyl (C=O) groups is 1. The Morgan fingerprint density at radius 1 is 1.12 bits per heavy atom. The number of piperazine rings is 1. The number of nitriles is 1. The maximum Gasteiger partial charge on any atom is 0.254 e. The molecule has 2 aliphatic rings. The molecule has 42 heavy (non-hydrogen) atoms. The lowest BCUT2D eigenvalue weighted by Gasteiger charge is -2.32. The Kier molecular flexibility index (Phi) is 7.41. The number of ether oxygens (including phenoxy) is 2. The highest BCUT2D eigenvalue weighted by atomic mass is 16.5. The molecule has 4 heterocycles. The minimum Gasteiger partial charge on any atom is -0.495 e. The van der Waals surface area contributed by atoms with Crippen LogP contribution in [0.4, 0.5) is 11.6 Å². The summed E-state index contributed by atoms with van der Waals surface area (Å²) in [7, 11) is 3.69. The normalized spacial score (nSPS) is 18.5. The fourth-order valence-electron chi connectivity index (χ4n) is 5.61. The van der Waals surface area contributed by atoms with Gasteiger partial charge in [0, 0.05) is 48.7 Å². The molecule has 0 radical (unpaired) electrons. The Bertz CT molecular complexity index is 1620. The van der Waals surface area contributed by atoms with Crippen LogP contribution in [-0.4, -0.2) is 85.9 Å². The maximum atomic E-state index is 13.2. The number of amides is 1. The Morgan fingerprint density at radius 2 is 1.95 bits per heavy atom. The van der Waals surface area contributed by atoms with Gasteiger partial charge in [0.1, 0.15) is 36.3 Å². The van der Waals surface area contributed by atoms with Crippen LogP contribution in [0.1, 0.15) is 29.3 Å². The van der Waals surface area contributed by atoms with E-state index < -0.39 is 0 Å². The molecular formula is C30H31N9O3. The number of nitrogens with zero attached hydrogens (tertiary/aromatic N) is 8. The van der Waals surface area contributed by atoms with Gasteiger partial charge in [-0.15, -0.1) is 0 Å². The van der Waals surface area contributed by atoms with Crippen LogP contribution in [0.3, 0.4) is 0 Å². The molecule has 2 bridgehead atoms. The second-order valence-electron chi connectivity index (χ2n) is 10.6. The van der Waals surface area contributed by atoms with Crippen LogP contribution in [0.5, 0.6) is 11.5 Å². The fraction of sp³-hybridized carbons (Fsp3) is 0.333. The number of hydrogen-bond donors (Lipinski definition) is 1. The van der Waals surface area contributed by atoms with Gasteiger partial charge in [-0.2, -0.15) is 10.4 Å². The van der Waals surface area contributed by atoms with E-state index in [4.69, 9.17) is 9.47 Å². The lowest BCUT2D eigenvalue weighted by Crippen LogP contribution is -2.47. The second kappa shape index (κ2) is 11.5. The predicted octanol–water partition coefficient (Wildman–Crippen LogP) is 3.35. The molecule has 1 N–H and O–H groups in total. The van der Waals surface area contributed by atoms with Crippen LogP contribution in [0.25, 0.3) is 11.1 Å². The van der Waals surface area contributed by atoms with Gasteiger partial charge in [-0.25, -0.2) is 19.6 Å². The smallest absolute Gasteiger partial charge is 0.254 e. The summed E-state index contributed by atoms with van der Waals surface area (Å²) in [6.45, 7) is 4.08. The minimum absolute atomic E-state index is 0.0274. The van der Waals surface area contributed by atoms with Gasteiger partial charge in [-0.05, 0) is 56.3 Å². The second-order valence-corrected chi connectivity index (χ2v) is 10.6. The summed E-state index contributed by atoms with van der Waals surface area (Å²) in [6, 6.07) is 13.6. The number of benzene rings is 2. The molecule has 12 heteroatoms. The van der Waals surface area contributed by atoms with Crippen molar-refractivity contribution in [3.05, 3.63) is 72.6 Å². The zero-order chi connectivity index (χ0) is 29.2. The van der Waals surface area contributed by atoms with Gasteiger partial charge in [0.2, 0.25) is 5.95 Å². The SMILES string of the molecule is COc1cc(C(=O)N2C[C@H]3C[C@@H]2CN3C)ccc1Nc1ncc(-c2ccc(C#N)c(O[C@@H](C)Cn3cncn3)c2)cn1. The molecule has 12 nitrogen and oxygen atoms in total. The van der Waals surface area contributed by atoms with E-state index in [0.717, 1.165) is 30.6 Å². The van der Waals surface area contributed by atoms with Crippen molar-refractivity contribution in [1.82, 2.24) is 34.5 Å². The average molecular weight is 566 g/mol. The van der Waals surface area contributed by atoms with Crippen LogP contribution in [0.2, 0.25) is 0 Å². The van der Waals surface area contributed by atoms with E-state index in [1.807, 2.05) is 30.0 Å². The number of carbonyl (C=O) groups excluding carboxylic acids is 1. The number of rotatable bonds is 9. The van der Waals surface area contributed by atoms with Crippen molar-refractivity contribution in [2.75, 3.05) is 32.6 Å². The monoisotopic (exact) mass is 565 g/mol. The van der Waals surface area contributed by atoms with E-state index in [1.165, 1.54) is 6.33 Å². The molecule has 6 rings (SSSR count). The zero-order valence-corrected chi connectivity index (χ0v) is 23.6. The number of hydrogen-bond acceptors (Lipinski definition) is 10. The number of aromatic nitrogens is 5. The van der Waals surface area contributed by atoms with Crippen LogP contribution < -0.4 is 14.8 Å². The largest absolute Gasteiger partial charge is 0.495 e. The Labute approximate surface area is 243 Å². The molecular weight excluding hydrogens is 534 g/mol. The molecule has 0 unspecified atom stereocenters. The van der Waals surface area contributed by atoms with Gasteiger partial charge in [-0.3, -0.25) is 9.69 Å². The van der Waals surface area contributed by atoms with Crippen LogP contribution >= 0.6 is 0 Å². The first-order valence-electron chi connectivity index (χ1n) is 13.7. The molecule has 2 fully saturated rings. The minimum atomic E-state index is -0.235. The molecule has 2 aliphatic heterocycles. The average Bonchev–Trinajstić information content (AvgIpc) is 3.75. The number of fused-ring (bicyclic) bond motifs is 2.